The molecule has 0 spiro atoms. The fraction of sp³-hybridized carbons (Fsp3) is 0.222. The maximum Gasteiger partial charge on any atom is 0.248 e. The molecular weight excluding hydrogens is 328 g/mol. The Morgan fingerprint density at radius 2 is 1.92 bits per heavy atom. The van der Waals surface area contributed by atoms with Crippen LogP contribution in [0.1, 0.15) is 33.0 Å². The Bertz CT molecular complexity index is 848. The number of amides is 2. The van der Waals surface area contributed by atoms with E-state index < -0.39 is 11.8 Å². The number of carbonyl (C=O) groups is 2. The lowest BCUT2D eigenvalue weighted by Crippen LogP contribution is -2.23. The molecule has 0 fully saturated rings. The summed E-state index contributed by atoms with van der Waals surface area (Å²) in [5.41, 5.74) is 8.98. The molecule has 0 aromatic heterocycles. The summed E-state index contributed by atoms with van der Waals surface area (Å²) < 4.78 is 5.63. The maximum absolute atomic E-state index is 12.6. The molecule has 1 heterocycles. The minimum absolute atomic E-state index is 0.236. The molecule has 2 aromatic carbocycles. The highest BCUT2D eigenvalue weighted by Crippen LogP contribution is 2.37. The molecule has 0 aliphatic carbocycles. The Labute approximate surface area is 144 Å². The lowest BCUT2D eigenvalue weighted by molar-refractivity contribution is -0.117. The number of ether oxygens (including phenoxy) is 1. The fourth-order valence-corrected chi connectivity index (χ4v) is 2.85. The van der Waals surface area contributed by atoms with Gasteiger partial charge in [0.25, 0.3) is 0 Å². The lowest BCUT2D eigenvalue weighted by atomic mass is 9.96. The van der Waals surface area contributed by atoms with E-state index in [1.165, 1.54) is 18.2 Å². The summed E-state index contributed by atoms with van der Waals surface area (Å²) in [5.74, 6) is -0.508. The number of nitrogens with one attached hydrogen (secondary N) is 1. The number of halogens is 1. The molecule has 2 amide bonds. The Kier molecular flexibility index (Phi) is 4.20. The molecule has 0 radical (unpaired) electrons. The average molecular weight is 345 g/mol. The first-order valence-electron chi connectivity index (χ1n) is 7.51. The van der Waals surface area contributed by atoms with Crippen LogP contribution in [0.4, 0.5) is 5.69 Å². The van der Waals surface area contributed by atoms with Gasteiger partial charge in [-0.1, -0.05) is 17.7 Å². The van der Waals surface area contributed by atoms with Crippen molar-refractivity contribution in [2.75, 3.05) is 11.9 Å². The SMILES string of the molecule is Cc1cc2c(cc1C)C(C(=O)Nc1cc(C(N)=O)ccc1Cl)CO2. The van der Waals surface area contributed by atoms with Crippen LogP contribution in [0.25, 0.3) is 0 Å². The summed E-state index contributed by atoms with van der Waals surface area (Å²) >= 11 is 6.10. The van der Waals surface area contributed by atoms with Gasteiger partial charge < -0.3 is 15.8 Å². The molecule has 6 heteroatoms. The third-order valence-corrected chi connectivity index (χ3v) is 4.56. The highest BCUT2D eigenvalue weighted by Gasteiger charge is 2.31. The number of hydrogen-bond acceptors (Lipinski definition) is 3. The van der Waals surface area contributed by atoms with Crippen molar-refractivity contribution in [1.29, 1.82) is 0 Å². The zero-order valence-corrected chi connectivity index (χ0v) is 14.1. The van der Waals surface area contributed by atoms with Gasteiger partial charge in [0.1, 0.15) is 18.3 Å². The van der Waals surface area contributed by atoms with Crippen molar-refractivity contribution in [2.24, 2.45) is 5.73 Å². The van der Waals surface area contributed by atoms with E-state index in [2.05, 4.69) is 5.32 Å². The van der Waals surface area contributed by atoms with Crippen LogP contribution in [0.5, 0.6) is 5.75 Å². The molecule has 2 aromatic rings. The van der Waals surface area contributed by atoms with Crippen molar-refractivity contribution < 1.29 is 14.3 Å². The maximum atomic E-state index is 12.6. The number of anilines is 1. The predicted molar refractivity (Wildman–Crippen MR) is 92.8 cm³/mol. The fourth-order valence-electron chi connectivity index (χ4n) is 2.68. The number of aryl methyl sites for hydroxylation is 2. The van der Waals surface area contributed by atoms with Gasteiger partial charge in [0.15, 0.2) is 0 Å². The van der Waals surface area contributed by atoms with E-state index in [4.69, 9.17) is 22.1 Å². The summed E-state index contributed by atoms with van der Waals surface area (Å²) in [5, 5.41) is 3.10. The van der Waals surface area contributed by atoms with Crippen LogP contribution >= 0.6 is 11.6 Å². The zero-order chi connectivity index (χ0) is 17.4. The van der Waals surface area contributed by atoms with Crippen LogP contribution < -0.4 is 15.8 Å². The molecule has 1 aliphatic rings. The lowest BCUT2D eigenvalue weighted by Gasteiger charge is -2.13. The quantitative estimate of drug-likeness (QED) is 0.897. The highest BCUT2D eigenvalue weighted by atomic mass is 35.5. The van der Waals surface area contributed by atoms with Gasteiger partial charge in [-0.3, -0.25) is 9.59 Å². The second-order valence-electron chi connectivity index (χ2n) is 5.89. The average Bonchev–Trinajstić information content (AvgIpc) is 2.92. The molecule has 124 valence electrons. The third kappa shape index (κ3) is 2.95. The Morgan fingerprint density at radius 3 is 2.62 bits per heavy atom. The van der Waals surface area contributed by atoms with Gasteiger partial charge >= 0.3 is 0 Å². The molecule has 1 aliphatic heterocycles. The van der Waals surface area contributed by atoms with Crippen molar-refractivity contribution in [2.45, 2.75) is 19.8 Å². The van der Waals surface area contributed by atoms with Crippen LogP contribution in [-0.2, 0) is 4.79 Å². The highest BCUT2D eigenvalue weighted by molar-refractivity contribution is 6.34. The molecule has 0 saturated carbocycles. The van der Waals surface area contributed by atoms with Crippen LogP contribution in [0, 0.1) is 13.8 Å². The van der Waals surface area contributed by atoms with Gasteiger partial charge in [-0.25, -0.2) is 0 Å². The van der Waals surface area contributed by atoms with Gasteiger partial charge in [-0.2, -0.15) is 0 Å². The van der Waals surface area contributed by atoms with Crippen LogP contribution in [0.15, 0.2) is 30.3 Å². The van der Waals surface area contributed by atoms with E-state index >= 15 is 0 Å². The first-order valence-corrected chi connectivity index (χ1v) is 7.89. The van der Waals surface area contributed by atoms with E-state index in [0.29, 0.717) is 10.7 Å². The molecule has 1 unspecified atom stereocenters. The summed E-state index contributed by atoms with van der Waals surface area (Å²) in [7, 11) is 0. The Morgan fingerprint density at radius 1 is 1.21 bits per heavy atom. The second-order valence-corrected chi connectivity index (χ2v) is 6.29. The topological polar surface area (TPSA) is 81.4 Å². The molecule has 1 atom stereocenters. The number of nitrogens with two attached hydrogens (primary N) is 1. The van der Waals surface area contributed by atoms with Crippen molar-refractivity contribution in [1.82, 2.24) is 0 Å². The summed E-state index contributed by atoms with van der Waals surface area (Å²) in [4.78, 5) is 23.9. The predicted octanol–water partition coefficient (Wildman–Crippen LogP) is 3.17. The van der Waals surface area contributed by atoms with E-state index in [-0.39, 0.29) is 18.1 Å². The standard InChI is InChI=1S/C18H17ClN2O3/c1-9-5-12-13(8-24-16(12)6-10(9)2)18(23)21-15-7-11(17(20)22)3-4-14(15)19/h3-7,13H,8H2,1-2H3,(H2,20,22)(H,21,23). The smallest absolute Gasteiger partial charge is 0.248 e. The number of fused-ring (bicyclic) bond motifs is 1. The van der Waals surface area contributed by atoms with E-state index in [1.54, 1.807) is 0 Å². The van der Waals surface area contributed by atoms with E-state index in [1.807, 2.05) is 26.0 Å². The largest absolute Gasteiger partial charge is 0.492 e. The van der Waals surface area contributed by atoms with Crippen LogP contribution in [-0.4, -0.2) is 18.4 Å². The van der Waals surface area contributed by atoms with Crippen molar-refractivity contribution >= 4 is 29.1 Å². The van der Waals surface area contributed by atoms with E-state index in [0.717, 1.165) is 22.4 Å². The summed E-state index contributed by atoms with van der Waals surface area (Å²) in [6, 6.07) is 8.44. The molecule has 0 saturated heterocycles. The first-order chi connectivity index (χ1) is 11.4. The zero-order valence-electron chi connectivity index (χ0n) is 13.4. The van der Waals surface area contributed by atoms with Gasteiger partial charge in [-0.05, 0) is 49.2 Å². The first kappa shape index (κ1) is 16.3. The third-order valence-electron chi connectivity index (χ3n) is 4.23. The number of rotatable bonds is 3. The molecule has 24 heavy (non-hydrogen) atoms. The molecule has 0 bridgehead atoms. The van der Waals surface area contributed by atoms with Gasteiger partial charge in [0, 0.05) is 11.1 Å². The Balaban J connectivity index is 1.87. The second kappa shape index (κ2) is 6.17. The molecule has 5 nitrogen and oxygen atoms in total. The molecular formula is C18H17ClN2O3. The van der Waals surface area contributed by atoms with Crippen molar-refractivity contribution in [3.05, 3.63) is 57.6 Å². The van der Waals surface area contributed by atoms with Gasteiger partial charge in [-0.15, -0.1) is 0 Å². The Hall–Kier alpha value is -2.53. The number of hydrogen-bond donors (Lipinski definition) is 2. The summed E-state index contributed by atoms with van der Waals surface area (Å²) in [6.07, 6.45) is 0. The summed E-state index contributed by atoms with van der Waals surface area (Å²) in [6.45, 7) is 4.27. The van der Waals surface area contributed by atoms with Gasteiger partial charge in [0.2, 0.25) is 11.8 Å². The number of primary amides is 1. The number of benzene rings is 2. The molecule has 3 rings (SSSR count). The van der Waals surface area contributed by atoms with Crippen molar-refractivity contribution in [3.8, 4) is 5.75 Å². The molecule has 3 N–H and O–H groups in total. The van der Waals surface area contributed by atoms with Gasteiger partial charge in [0.05, 0.1) is 10.7 Å². The van der Waals surface area contributed by atoms with Crippen LogP contribution in [0.3, 0.4) is 0 Å². The minimum atomic E-state index is -0.581. The number of carbonyl (C=O) groups excluding carboxylic acids is 2. The minimum Gasteiger partial charge on any atom is -0.492 e. The van der Waals surface area contributed by atoms with Crippen molar-refractivity contribution in [3.63, 3.8) is 0 Å². The monoisotopic (exact) mass is 344 g/mol. The normalized spacial score (nSPS) is 15.5. The van der Waals surface area contributed by atoms with Crippen LogP contribution in [0.2, 0.25) is 5.02 Å². The van der Waals surface area contributed by atoms with E-state index in [9.17, 15) is 9.59 Å².